The van der Waals surface area contributed by atoms with Crippen LogP contribution >= 0.6 is 10.7 Å². The molecule has 10 heteroatoms. The van der Waals surface area contributed by atoms with E-state index in [1.54, 1.807) is 13.8 Å². The molecule has 0 saturated heterocycles. The Hall–Kier alpha value is -1.22. The summed E-state index contributed by atoms with van der Waals surface area (Å²) in [5.74, 6) is -1.06. The number of halogens is 4. The minimum atomic E-state index is -4.63. The third-order valence-electron chi connectivity index (χ3n) is 2.26. The summed E-state index contributed by atoms with van der Waals surface area (Å²) in [4.78, 5) is 11.2. The van der Waals surface area contributed by atoms with Gasteiger partial charge in [-0.15, -0.1) is 0 Å². The second-order valence-corrected chi connectivity index (χ2v) is 7.30. The van der Waals surface area contributed by atoms with E-state index in [-0.39, 0.29) is 12.5 Å². The summed E-state index contributed by atoms with van der Waals surface area (Å²) in [6.45, 7) is 1.97. The lowest BCUT2D eigenvalue weighted by Crippen LogP contribution is -2.21. The van der Waals surface area contributed by atoms with Crippen LogP contribution in [0.15, 0.2) is 17.2 Å². The summed E-state index contributed by atoms with van der Waals surface area (Å²) < 4.78 is 65.0. The van der Waals surface area contributed by atoms with Crippen molar-refractivity contribution in [1.82, 2.24) is 4.57 Å². The van der Waals surface area contributed by atoms with Crippen LogP contribution in [0.2, 0.25) is 0 Å². The van der Waals surface area contributed by atoms with Gasteiger partial charge in [0.25, 0.3) is 9.05 Å². The van der Waals surface area contributed by atoms with E-state index in [4.69, 9.17) is 15.4 Å². The van der Waals surface area contributed by atoms with Crippen LogP contribution < -0.4 is 0 Å². The number of hydrogen-bond acceptors (Lipinski definition) is 4. The molecule has 0 atom stereocenters. The molecule has 0 N–H and O–H groups in total. The number of hydrogen-bond donors (Lipinski definition) is 0. The zero-order chi connectivity index (χ0) is 16.4. The van der Waals surface area contributed by atoms with Crippen molar-refractivity contribution < 1.29 is 31.1 Å². The molecule has 0 saturated carbocycles. The standard InChI is InChI=1S/C11H13ClF3NO4S/c1-7(2)5-20-10(17)9-3-8(21(12,18)19)4-16(9)6-11(13,14)15/h3-4,7H,5-6H2,1-2H3. The molecule has 120 valence electrons. The zero-order valence-electron chi connectivity index (χ0n) is 11.1. The molecule has 0 amide bonds. The Morgan fingerprint density at radius 1 is 1.43 bits per heavy atom. The van der Waals surface area contributed by atoms with Crippen LogP contribution in [0.5, 0.6) is 0 Å². The smallest absolute Gasteiger partial charge is 0.406 e. The van der Waals surface area contributed by atoms with Crippen LogP contribution in [0.1, 0.15) is 24.3 Å². The molecule has 1 rings (SSSR count). The summed E-state index contributed by atoms with van der Waals surface area (Å²) in [5, 5.41) is 0. The van der Waals surface area contributed by atoms with Gasteiger partial charge in [0.15, 0.2) is 0 Å². The minimum absolute atomic E-state index is 0.00100. The van der Waals surface area contributed by atoms with Gasteiger partial charge in [0.1, 0.15) is 17.1 Å². The molecule has 0 aliphatic rings. The van der Waals surface area contributed by atoms with E-state index >= 15 is 0 Å². The lowest BCUT2D eigenvalue weighted by molar-refractivity contribution is -0.140. The molecule has 21 heavy (non-hydrogen) atoms. The molecule has 0 unspecified atom stereocenters. The summed E-state index contributed by atoms with van der Waals surface area (Å²) in [7, 11) is 0.824. The number of carbonyl (C=O) groups is 1. The Balaban J connectivity index is 3.15. The number of aromatic nitrogens is 1. The maximum Gasteiger partial charge on any atom is 0.406 e. The van der Waals surface area contributed by atoms with Gasteiger partial charge in [0, 0.05) is 16.9 Å². The van der Waals surface area contributed by atoms with E-state index in [2.05, 4.69) is 0 Å². The molecule has 0 spiro atoms. The van der Waals surface area contributed by atoms with Crippen LogP contribution in [0.4, 0.5) is 13.2 Å². The van der Waals surface area contributed by atoms with Gasteiger partial charge < -0.3 is 9.30 Å². The zero-order valence-corrected chi connectivity index (χ0v) is 12.7. The van der Waals surface area contributed by atoms with Gasteiger partial charge in [0.2, 0.25) is 0 Å². The van der Waals surface area contributed by atoms with Crippen LogP contribution in [-0.2, 0) is 20.3 Å². The number of nitrogens with zero attached hydrogens (tertiary/aromatic N) is 1. The van der Waals surface area contributed by atoms with Crippen molar-refractivity contribution in [1.29, 1.82) is 0 Å². The van der Waals surface area contributed by atoms with Crippen molar-refractivity contribution in [2.24, 2.45) is 5.92 Å². The van der Waals surface area contributed by atoms with Crippen LogP contribution in [0.3, 0.4) is 0 Å². The van der Waals surface area contributed by atoms with E-state index in [0.717, 1.165) is 6.07 Å². The van der Waals surface area contributed by atoms with Crippen LogP contribution in [0.25, 0.3) is 0 Å². The highest BCUT2D eigenvalue weighted by molar-refractivity contribution is 8.13. The fourth-order valence-electron chi connectivity index (χ4n) is 1.43. The van der Waals surface area contributed by atoms with Gasteiger partial charge in [-0.1, -0.05) is 13.8 Å². The molecule has 1 aromatic rings. The maximum atomic E-state index is 12.4. The minimum Gasteiger partial charge on any atom is -0.461 e. The van der Waals surface area contributed by atoms with E-state index in [0.29, 0.717) is 10.8 Å². The molecular formula is C11H13ClF3NO4S. The predicted octanol–water partition coefficient (Wildman–Crippen LogP) is 2.79. The van der Waals surface area contributed by atoms with Gasteiger partial charge >= 0.3 is 12.1 Å². The lowest BCUT2D eigenvalue weighted by atomic mass is 10.2. The second-order valence-electron chi connectivity index (χ2n) is 4.73. The monoisotopic (exact) mass is 347 g/mol. The fourth-order valence-corrected chi connectivity index (χ4v) is 2.19. The Labute approximate surface area is 124 Å². The highest BCUT2D eigenvalue weighted by atomic mass is 35.7. The molecule has 0 aromatic carbocycles. The van der Waals surface area contributed by atoms with Crippen molar-refractivity contribution in [3.05, 3.63) is 18.0 Å². The molecule has 0 aliphatic heterocycles. The van der Waals surface area contributed by atoms with Gasteiger partial charge in [0.05, 0.1) is 6.61 Å². The van der Waals surface area contributed by atoms with Crippen molar-refractivity contribution >= 4 is 25.7 Å². The molecule has 1 heterocycles. The summed E-state index contributed by atoms with van der Waals surface area (Å²) in [5.41, 5.74) is -0.521. The molecule has 0 fully saturated rings. The molecule has 0 bridgehead atoms. The predicted molar refractivity (Wildman–Crippen MR) is 68.6 cm³/mol. The summed E-state index contributed by atoms with van der Waals surface area (Å²) in [6.07, 6.45) is -3.97. The Morgan fingerprint density at radius 2 is 2.00 bits per heavy atom. The highest BCUT2D eigenvalue weighted by Gasteiger charge is 2.31. The number of carbonyl (C=O) groups excluding carboxylic acids is 1. The Bertz CT molecular complexity index is 622. The Kier molecular flexibility index (Phi) is 5.32. The summed E-state index contributed by atoms with van der Waals surface area (Å²) in [6, 6.07) is 0.761. The molecular weight excluding hydrogens is 335 g/mol. The number of rotatable bonds is 5. The number of alkyl halides is 3. The van der Waals surface area contributed by atoms with E-state index in [1.807, 2.05) is 0 Å². The van der Waals surface area contributed by atoms with E-state index in [1.165, 1.54) is 0 Å². The van der Waals surface area contributed by atoms with Gasteiger partial charge in [-0.2, -0.15) is 13.2 Å². The summed E-state index contributed by atoms with van der Waals surface area (Å²) >= 11 is 0. The van der Waals surface area contributed by atoms with Crippen molar-refractivity contribution in [2.45, 2.75) is 31.5 Å². The van der Waals surface area contributed by atoms with Crippen molar-refractivity contribution in [3.63, 3.8) is 0 Å². The van der Waals surface area contributed by atoms with E-state index < -0.39 is 38.3 Å². The first-order valence-corrected chi connectivity index (χ1v) is 8.10. The third kappa shape index (κ3) is 5.58. The highest BCUT2D eigenvalue weighted by Crippen LogP contribution is 2.24. The maximum absolute atomic E-state index is 12.4. The SMILES string of the molecule is CC(C)COC(=O)c1cc(S(=O)(=O)Cl)cn1CC(F)(F)F. The van der Waals surface area contributed by atoms with Crippen molar-refractivity contribution in [3.8, 4) is 0 Å². The van der Waals surface area contributed by atoms with Crippen LogP contribution in [-0.4, -0.2) is 31.7 Å². The normalized spacial score (nSPS) is 12.7. The molecule has 5 nitrogen and oxygen atoms in total. The molecule has 0 aliphatic carbocycles. The third-order valence-corrected chi connectivity index (χ3v) is 3.58. The van der Waals surface area contributed by atoms with Crippen LogP contribution in [0, 0.1) is 5.92 Å². The molecule has 0 radical (unpaired) electrons. The first-order valence-electron chi connectivity index (χ1n) is 5.79. The first-order chi connectivity index (χ1) is 9.40. The Morgan fingerprint density at radius 3 is 2.43 bits per heavy atom. The topological polar surface area (TPSA) is 65.4 Å². The van der Waals surface area contributed by atoms with Gasteiger partial charge in [-0.05, 0) is 12.0 Å². The molecule has 1 aromatic heterocycles. The lowest BCUT2D eigenvalue weighted by Gasteiger charge is -2.12. The second kappa shape index (κ2) is 6.27. The average molecular weight is 348 g/mol. The number of esters is 1. The van der Waals surface area contributed by atoms with Gasteiger partial charge in [-0.25, -0.2) is 13.2 Å². The van der Waals surface area contributed by atoms with Gasteiger partial charge in [-0.3, -0.25) is 0 Å². The van der Waals surface area contributed by atoms with E-state index in [9.17, 15) is 26.4 Å². The number of ether oxygens (including phenoxy) is 1. The van der Waals surface area contributed by atoms with Crippen molar-refractivity contribution in [2.75, 3.05) is 6.61 Å². The average Bonchev–Trinajstić information content (AvgIpc) is 2.66. The fraction of sp³-hybridized carbons (Fsp3) is 0.545. The quantitative estimate of drug-likeness (QED) is 0.607. The first kappa shape index (κ1) is 17.8. The largest absolute Gasteiger partial charge is 0.461 e.